The summed E-state index contributed by atoms with van der Waals surface area (Å²) in [4.78, 5) is 29.7. The van der Waals surface area contributed by atoms with E-state index in [0.29, 0.717) is 43.6 Å². The second kappa shape index (κ2) is 11.0. The number of hydrogen-bond acceptors (Lipinski definition) is 6. The highest BCUT2D eigenvalue weighted by atomic mass is 16.6. The minimum absolute atomic E-state index is 0.0308. The highest BCUT2D eigenvalue weighted by Crippen LogP contribution is 2.67. The first-order chi connectivity index (χ1) is 19.3. The number of hydrogen-bond donors (Lipinski definition) is 3. The van der Waals surface area contributed by atoms with E-state index in [-0.39, 0.29) is 41.3 Å². The number of nitrogens with one attached hydrogen (secondary N) is 1. The van der Waals surface area contributed by atoms with Gasteiger partial charge in [0.2, 0.25) is 0 Å². The summed E-state index contributed by atoms with van der Waals surface area (Å²) in [6.45, 7) is 8.93. The fourth-order valence-corrected chi connectivity index (χ4v) is 9.46. The minimum atomic E-state index is -0.981. The number of amides is 1. The molecule has 226 valence electrons. The molecule has 1 aliphatic heterocycles. The number of rotatable bonds is 7. The molecular formula is C33H48N2O6. The average Bonchev–Trinajstić information content (AvgIpc) is 3.18. The van der Waals surface area contributed by atoms with Crippen molar-refractivity contribution >= 4 is 17.6 Å². The fourth-order valence-electron chi connectivity index (χ4n) is 9.46. The zero-order valence-electron chi connectivity index (χ0n) is 25.2. The number of carboxylic acid groups (broad SMARTS) is 1. The Bertz CT molecular complexity index is 1150. The van der Waals surface area contributed by atoms with Crippen molar-refractivity contribution in [2.45, 2.75) is 116 Å². The van der Waals surface area contributed by atoms with Gasteiger partial charge in [-0.1, -0.05) is 30.5 Å². The second-order valence-corrected chi connectivity index (χ2v) is 14.5. The van der Waals surface area contributed by atoms with Crippen LogP contribution in [0.1, 0.15) is 98.3 Å². The molecular weight excluding hydrogens is 520 g/mol. The molecule has 0 unspecified atom stereocenters. The van der Waals surface area contributed by atoms with Crippen LogP contribution in [0.4, 0.5) is 0 Å². The van der Waals surface area contributed by atoms with Gasteiger partial charge in [-0.05, 0) is 113 Å². The van der Waals surface area contributed by atoms with Gasteiger partial charge in [-0.3, -0.25) is 9.59 Å². The number of allylic oxidation sites excluding steroid dienone is 2. The smallest absolute Gasteiger partial charge is 0.305 e. The van der Waals surface area contributed by atoms with Gasteiger partial charge in [0.25, 0.3) is 5.91 Å². The van der Waals surface area contributed by atoms with E-state index in [1.807, 2.05) is 13.8 Å². The third kappa shape index (κ3) is 5.57. The fraction of sp³-hybridized carbons (Fsp3) is 0.788. The summed E-state index contributed by atoms with van der Waals surface area (Å²) in [7, 11) is 0. The first-order valence-electron chi connectivity index (χ1n) is 15.6. The van der Waals surface area contributed by atoms with E-state index >= 15 is 0 Å². The van der Waals surface area contributed by atoms with E-state index in [0.717, 1.165) is 50.7 Å². The van der Waals surface area contributed by atoms with E-state index < -0.39 is 17.6 Å². The predicted octanol–water partition coefficient (Wildman–Crippen LogP) is 4.85. The number of oxime groups is 1. The lowest BCUT2D eigenvalue weighted by molar-refractivity contribution is -0.139. The van der Waals surface area contributed by atoms with E-state index in [1.165, 1.54) is 5.57 Å². The predicted molar refractivity (Wildman–Crippen MR) is 156 cm³/mol. The van der Waals surface area contributed by atoms with Crippen LogP contribution in [0, 0.1) is 46.8 Å². The number of carbonyl (C=O) groups is 2. The molecule has 3 saturated carbocycles. The van der Waals surface area contributed by atoms with Crippen molar-refractivity contribution in [2.24, 2.45) is 39.7 Å². The van der Waals surface area contributed by atoms with Gasteiger partial charge in [0.05, 0.1) is 17.7 Å². The normalized spacial score (nSPS) is 41.2. The summed E-state index contributed by atoms with van der Waals surface area (Å²) in [5.74, 6) is 3.14. The van der Waals surface area contributed by atoms with Crippen molar-refractivity contribution in [2.75, 3.05) is 13.2 Å². The van der Waals surface area contributed by atoms with Gasteiger partial charge in [0.15, 0.2) is 6.61 Å². The van der Waals surface area contributed by atoms with Crippen LogP contribution in [-0.4, -0.2) is 58.3 Å². The number of carboxylic acids is 1. The maximum absolute atomic E-state index is 12.7. The average molecular weight is 569 g/mol. The molecule has 0 aromatic heterocycles. The molecule has 8 nitrogen and oxygen atoms in total. The van der Waals surface area contributed by atoms with Gasteiger partial charge < -0.3 is 25.1 Å². The van der Waals surface area contributed by atoms with Crippen molar-refractivity contribution in [1.29, 1.82) is 0 Å². The molecule has 1 amide bonds. The van der Waals surface area contributed by atoms with Crippen LogP contribution >= 0.6 is 0 Å². The first-order valence-corrected chi connectivity index (χ1v) is 15.6. The summed E-state index contributed by atoms with van der Waals surface area (Å²) in [6, 6.07) is -0.471. The molecule has 0 aromatic carbocycles. The lowest BCUT2D eigenvalue weighted by atomic mass is 9.46. The van der Waals surface area contributed by atoms with Crippen LogP contribution in [0.25, 0.3) is 0 Å². The number of fused-ring (bicyclic) bond motifs is 5. The highest BCUT2D eigenvalue weighted by molar-refractivity contribution is 5.96. The SMILES string of the molecule is C#C[C@]1(O)CC[C@@H]2[C@H]3CCC4=C/C(=N/OCC(=O)N[C@@H](CC(=O)O)[C@@H]5CCOC(C)(C)C5)CC[C@]4(C)[C@H]3CC[C@@]21C. The summed E-state index contributed by atoms with van der Waals surface area (Å²) >= 11 is 0. The quantitative estimate of drug-likeness (QED) is 0.299. The lowest BCUT2D eigenvalue weighted by Crippen LogP contribution is -2.54. The van der Waals surface area contributed by atoms with Crippen LogP contribution < -0.4 is 5.32 Å². The summed E-state index contributed by atoms with van der Waals surface area (Å²) in [6.07, 6.45) is 17.0. The number of ether oxygens (including phenoxy) is 1. The van der Waals surface area contributed by atoms with Crippen LogP contribution in [-0.2, 0) is 19.2 Å². The van der Waals surface area contributed by atoms with Gasteiger partial charge in [-0.2, -0.15) is 0 Å². The minimum Gasteiger partial charge on any atom is -0.481 e. The first kappa shape index (κ1) is 30.1. The Hall–Kier alpha value is -2.37. The van der Waals surface area contributed by atoms with Crippen LogP contribution in [0.3, 0.4) is 0 Å². The maximum atomic E-state index is 12.7. The molecule has 0 bridgehead atoms. The van der Waals surface area contributed by atoms with Crippen molar-refractivity contribution < 1.29 is 29.4 Å². The number of terminal acetylenes is 1. The Morgan fingerprint density at radius 3 is 2.61 bits per heavy atom. The van der Waals surface area contributed by atoms with Crippen LogP contribution in [0.15, 0.2) is 16.8 Å². The highest BCUT2D eigenvalue weighted by Gasteiger charge is 2.63. The maximum Gasteiger partial charge on any atom is 0.305 e. The molecule has 3 N–H and O–H groups in total. The van der Waals surface area contributed by atoms with E-state index in [1.54, 1.807) is 0 Å². The summed E-state index contributed by atoms with van der Waals surface area (Å²) in [5, 5.41) is 27.9. The van der Waals surface area contributed by atoms with E-state index in [2.05, 4.69) is 36.3 Å². The van der Waals surface area contributed by atoms with Crippen molar-refractivity contribution in [3.8, 4) is 12.3 Å². The summed E-state index contributed by atoms with van der Waals surface area (Å²) in [5.41, 5.74) is 0.883. The molecule has 41 heavy (non-hydrogen) atoms. The largest absolute Gasteiger partial charge is 0.481 e. The van der Waals surface area contributed by atoms with Gasteiger partial charge in [0, 0.05) is 18.1 Å². The standard InChI is InChI=1S/C33H48N2O6/c1-6-33(39)15-11-26-24-8-7-22-17-23(9-13-31(22,4)25(24)10-14-32(26,33)5)35-41-20-28(36)34-27(18-29(37)38)21-12-16-40-30(2,3)19-21/h1,17,21,24-27,39H,7-16,18-20H2,2-5H3,(H,34,36)(H,37,38)/b35-23+/t21-,24+,25+,26-,27+,31+,32+,33+/m1/s1. The van der Waals surface area contributed by atoms with Crippen molar-refractivity contribution in [3.05, 3.63) is 11.6 Å². The molecule has 0 spiro atoms. The Labute approximate surface area is 244 Å². The second-order valence-electron chi connectivity index (χ2n) is 14.5. The Morgan fingerprint density at radius 2 is 1.90 bits per heavy atom. The van der Waals surface area contributed by atoms with Crippen molar-refractivity contribution in [1.82, 2.24) is 5.32 Å². The van der Waals surface area contributed by atoms with Gasteiger partial charge in [-0.25, -0.2) is 0 Å². The van der Waals surface area contributed by atoms with Crippen LogP contribution in [0.5, 0.6) is 0 Å². The molecule has 8 heteroatoms. The topological polar surface area (TPSA) is 117 Å². The van der Waals surface area contributed by atoms with Gasteiger partial charge in [-0.15, -0.1) is 6.42 Å². The zero-order valence-corrected chi connectivity index (χ0v) is 25.2. The monoisotopic (exact) mass is 568 g/mol. The molecule has 5 aliphatic rings. The molecule has 5 rings (SSSR count). The van der Waals surface area contributed by atoms with E-state index in [4.69, 9.17) is 16.0 Å². The molecule has 0 radical (unpaired) electrons. The molecule has 0 aromatic rings. The molecule has 8 atom stereocenters. The van der Waals surface area contributed by atoms with Gasteiger partial charge in [0.1, 0.15) is 5.60 Å². The molecule has 1 heterocycles. The number of nitrogens with zero attached hydrogens (tertiary/aromatic N) is 1. The Balaban J connectivity index is 1.19. The molecule has 4 aliphatic carbocycles. The zero-order chi connectivity index (χ0) is 29.6. The summed E-state index contributed by atoms with van der Waals surface area (Å²) < 4.78 is 5.77. The Morgan fingerprint density at radius 1 is 1.15 bits per heavy atom. The van der Waals surface area contributed by atoms with Crippen LogP contribution in [0.2, 0.25) is 0 Å². The van der Waals surface area contributed by atoms with Gasteiger partial charge >= 0.3 is 5.97 Å². The van der Waals surface area contributed by atoms with Crippen molar-refractivity contribution in [3.63, 3.8) is 0 Å². The number of aliphatic carboxylic acids is 1. The number of carbonyl (C=O) groups excluding carboxylic acids is 1. The molecule has 4 fully saturated rings. The Kier molecular flexibility index (Phi) is 8.10. The lowest BCUT2D eigenvalue weighted by Gasteiger charge is -2.58. The van der Waals surface area contributed by atoms with E-state index in [9.17, 15) is 19.8 Å². The molecule has 1 saturated heterocycles. The number of aliphatic hydroxyl groups is 1. The third-order valence-electron chi connectivity index (χ3n) is 11.8. The third-order valence-corrected chi connectivity index (χ3v) is 11.8.